The Morgan fingerprint density at radius 3 is 2.55 bits per heavy atom. The number of benzene rings is 1. The smallest absolute Gasteiger partial charge is 0.161 e. The predicted octanol–water partition coefficient (Wildman–Crippen LogP) is 4.03. The van der Waals surface area contributed by atoms with Crippen molar-refractivity contribution in [1.82, 2.24) is 0 Å². The standard InChI is InChI=1S/C19H20N2O/c1-12-14(11-20)17(13-7-5-4-6-8-13)18-15(21-12)9-19(2,3)10-16(18)22/h4-8,14,17H,9-10H2,1-3H3. The number of carbonyl (C=O) groups excluding carboxylic acids is 1. The van der Waals surface area contributed by atoms with E-state index in [2.05, 4.69) is 24.9 Å². The third kappa shape index (κ3) is 2.39. The van der Waals surface area contributed by atoms with Crippen LogP contribution >= 0.6 is 0 Å². The minimum atomic E-state index is -0.355. The summed E-state index contributed by atoms with van der Waals surface area (Å²) in [6.07, 6.45) is 1.33. The number of hydrogen-bond acceptors (Lipinski definition) is 3. The zero-order chi connectivity index (χ0) is 15.9. The molecule has 1 aromatic rings. The highest BCUT2D eigenvalue weighted by molar-refractivity contribution is 6.03. The van der Waals surface area contributed by atoms with Crippen molar-refractivity contribution in [3.63, 3.8) is 0 Å². The average Bonchev–Trinajstić information content (AvgIpc) is 2.45. The number of carbonyl (C=O) groups is 1. The molecule has 1 aliphatic heterocycles. The van der Waals surface area contributed by atoms with E-state index in [4.69, 9.17) is 0 Å². The summed E-state index contributed by atoms with van der Waals surface area (Å²) < 4.78 is 0. The van der Waals surface area contributed by atoms with Gasteiger partial charge in [0, 0.05) is 29.3 Å². The Bertz CT molecular complexity index is 720. The van der Waals surface area contributed by atoms with Crippen LogP contribution < -0.4 is 0 Å². The van der Waals surface area contributed by atoms with E-state index < -0.39 is 0 Å². The summed E-state index contributed by atoms with van der Waals surface area (Å²) in [4.78, 5) is 17.4. The molecule has 1 heterocycles. The van der Waals surface area contributed by atoms with Crippen LogP contribution in [0.4, 0.5) is 0 Å². The van der Waals surface area contributed by atoms with E-state index in [9.17, 15) is 10.1 Å². The molecule has 0 radical (unpaired) electrons. The number of nitrogens with zero attached hydrogens (tertiary/aromatic N) is 2. The van der Waals surface area contributed by atoms with E-state index in [-0.39, 0.29) is 23.0 Å². The van der Waals surface area contributed by atoms with Crippen molar-refractivity contribution >= 4 is 11.5 Å². The third-order valence-corrected chi connectivity index (χ3v) is 4.60. The first-order valence-corrected chi connectivity index (χ1v) is 7.69. The molecule has 112 valence electrons. The fourth-order valence-electron chi connectivity index (χ4n) is 3.63. The zero-order valence-corrected chi connectivity index (χ0v) is 13.3. The topological polar surface area (TPSA) is 53.2 Å². The van der Waals surface area contributed by atoms with E-state index in [0.29, 0.717) is 6.42 Å². The Morgan fingerprint density at radius 1 is 1.23 bits per heavy atom. The van der Waals surface area contributed by atoms with Gasteiger partial charge in [0.05, 0.1) is 12.0 Å². The van der Waals surface area contributed by atoms with E-state index in [1.807, 2.05) is 37.3 Å². The maximum Gasteiger partial charge on any atom is 0.161 e. The first-order valence-electron chi connectivity index (χ1n) is 7.69. The summed E-state index contributed by atoms with van der Waals surface area (Å²) in [5.41, 5.74) is 3.45. The maximum atomic E-state index is 12.8. The van der Waals surface area contributed by atoms with Crippen LogP contribution in [0.2, 0.25) is 0 Å². The van der Waals surface area contributed by atoms with Crippen LogP contribution in [0.25, 0.3) is 0 Å². The average molecular weight is 292 g/mol. The van der Waals surface area contributed by atoms with Crippen LogP contribution in [0.3, 0.4) is 0 Å². The molecular formula is C19H20N2O. The molecule has 0 saturated carbocycles. The molecule has 0 saturated heterocycles. The fourth-order valence-corrected chi connectivity index (χ4v) is 3.63. The second-order valence-electron chi connectivity index (χ2n) is 7.05. The van der Waals surface area contributed by atoms with Gasteiger partial charge in [0.25, 0.3) is 0 Å². The van der Waals surface area contributed by atoms with Gasteiger partial charge in [0.1, 0.15) is 0 Å². The van der Waals surface area contributed by atoms with E-state index in [1.165, 1.54) is 0 Å². The second-order valence-corrected chi connectivity index (χ2v) is 7.05. The number of hydrogen-bond donors (Lipinski definition) is 0. The first kappa shape index (κ1) is 14.7. The Kier molecular flexibility index (Phi) is 3.48. The molecule has 0 bridgehead atoms. The molecule has 0 aromatic heterocycles. The van der Waals surface area contributed by atoms with E-state index >= 15 is 0 Å². The molecule has 3 heteroatoms. The van der Waals surface area contributed by atoms with Crippen molar-refractivity contribution in [2.24, 2.45) is 16.3 Å². The van der Waals surface area contributed by atoms with Crippen molar-refractivity contribution in [3.8, 4) is 6.07 Å². The van der Waals surface area contributed by atoms with Gasteiger partial charge in [0.15, 0.2) is 5.78 Å². The molecule has 3 rings (SSSR count). The van der Waals surface area contributed by atoms with Gasteiger partial charge in [-0.25, -0.2) is 0 Å². The predicted molar refractivity (Wildman–Crippen MR) is 86.4 cm³/mol. The van der Waals surface area contributed by atoms with Crippen molar-refractivity contribution in [2.45, 2.75) is 39.5 Å². The highest BCUT2D eigenvalue weighted by atomic mass is 16.1. The Labute approximate surface area is 131 Å². The van der Waals surface area contributed by atoms with Crippen LogP contribution in [-0.2, 0) is 4.79 Å². The first-order chi connectivity index (χ1) is 10.4. The van der Waals surface area contributed by atoms with Gasteiger partial charge in [-0.3, -0.25) is 9.79 Å². The minimum Gasteiger partial charge on any atom is -0.294 e. The molecule has 2 atom stereocenters. The molecule has 0 N–H and O–H groups in total. The largest absolute Gasteiger partial charge is 0.294 e. The summed E-state index contributed by atoms with van der Waals surface area (Å²) in [6.45, 7) is 6.11. The van der Waals surface area contributed by atoms with Gasteiger partial charge in [-0.1, -0.05) is 44.2 Å². The van der Waals surface area contributed by atoms with Crippen LogP contribution in [0.15, 0.2) is 46.6 Å². The van der Waals surface area contributed by atoms with Gasteiger partial charge >= 0.3 is 0 Å². The summed E-state index contributed by atoms with van der Waals surface area (Å²) in [6, 6.07) is 12.2. The molecule has 0 amide bonds. The minimum absolute atomic E-state index is 0.0551. The molecule has 2 aliphatic rings. The Hall–Kier alpha value is -2.21. The van der Waals surface area contributed by atoms with Crippen LogP contribution in [0.5, 0.6) is 0 Å². The Balaban J connectivity index is 2.18. The molecule has 2 unspecified atom stereocenters. The van der Waals surface area contributed by atoms with Gasteiger partial charge in [0.2, 0.25) is 0 Å². The molecular weight excluding hydrogens is 272 g/mol. The van der Waals surface area contributed by atoms with Crippen LogP contribution in [0, 0.1) is 22.7 Å². The molecule has 0 spiro atoms. The summed E-state index contributed by atoms with van der Waals surface area (Å²) >= 11 is 0. The highest BCUT2D eigenvalue weighted by Crippen LogP contribution is 2.47. The lowest BCUT2D eigenvalue weighted by Crippen LogP contribution is -2.35. The maximum absolute atomic E-state index is 12.8. The molecule has 1 aromatic carbocycles. The summed E-state index contributed by atoms with van der Waals surface area (Å²) in [7, 11) is 0. The number of allylic oxidation sites excluding steroid dienone is 2. The van der Waals surface area contributed by atoms with Crippen molar-refractivity contribution in [1.29, 1.82) is 5.26 Å². The number of nitriles is 1. The van der Waals surface area contributed by atoms with Crippen molar-refractivity contribution in [3.05, 3.63) is 47.2 Å². The molecule has 3 nitrogen and oxygen atoms in total. The van der Waals surface area contributed by atoms with Gasteiger partial charge < -0.3 is 0 Å². The lowest BCUT2D eigenvalue weighted by atomic mass is 9.67. The van der Waals surface area contributed by atoms with Crippen molar-refractivity contribution < 1.29 is 4.79 Å². The normalized spacial score (nSPS) is 27.0. The van der Waals surface area contributed by atoms with Gasteiger partial charge in [-0.15, -0.1) is 0 Å². The monoisotopic (exact) mass is 292 g/mol. The highest BCUT2D eigenvalue weighted by Gasteiger charge is 2.42. The summed E-state index contributed by atoms with van der Waals surface area (Å²) in [5.74, 6) is -0.384. The van der Waals surface area contributed by atoms with Gasteiger partial charge in [-0.2, -0.15) is 5.26 Å². The summed E-state index contributed by atoms with van der Waals surface area (Å²) in [5, 5.41) is 9.61. The lowest BCUT2D eigenvalue weighted by Gasteiger charge is -2.37. The van der Waals surface area contributed by atoms with E-state index in [1.54, 1.807) is 0 Å². The van der Waals surface area contributed by atoms with Gasteiger partial charge in [-0.05, 0) is 24.3 Å². The zero-order valence-electron chi connectivity index (χ0n) is 13.3. The quantitative estimate of drug-likeness (QED) is 0.784. The van der Waals surface area contributed by atoms with Crippen molar-refractivity contribution in [2.75, 3.05) is 0 Å². The molecule has 22 heavy (non-hydrogen) atoms. The SMILES string of the molecule is CC1=NC2=C(C(=O)CC(C)(C)C2)C(c2ccccc2)C1C#N. The molecule has 1 aliphatic carbocycles. The number of rotatable bonds is 1. The third-order valence-electron chi connectivity index (χ3n) is 4.60. The number of ketones is 1. The second kappa shape index (κ2) is 5.21. The number of Topliss-reactive ketones (excluding diaryl/α,β-unsaturated/α-hetero) is 1. The van der Waals surface area contributed by atoms with E-state index in [0.717, 1.165) is 29.0 Å². The lowest BCUT2D eigenvalue weighted by molar-refractivity contribution is -0.118. The number of aliphatic imine (C=N–C) groups is 1. The van der Waals surface area contributed by atoms with Crippen LogP contribution in [-0.4, -0.2) is 11.5 Å². The molecule has 0 fully saturated rings. The van der Waals surface area contributed by atoms with Crippen LogP contribution in [0.1, 0.15) is 45.1 Å². The fraction of sp³-hybridized carbons (Fsp3) is 0.421. The Morgan fingerprint density at radius 2 is 1.91 bits per heavy atom.